The zero-order valence-corrected chi connectivity index (χ0v) is 26.6. The number of hydrogen-bond donors (Lipinski definition) is 0. The Morgan fingerprint density at radius 3 is 1.93 bits per heavy atom. The molecule has 2 atom stereocenters. The third kappa shape index (κ3) is 5.28. The summed E-state index contributed by atoms with van der Waals surface area (Å²) in [6.45, 7) is 4.55. The molecule has 1 heterocycles. The number of hydrogen-bond acceptors (Lipinski definition) is 2. The van der Waals surface area contributed by atoms with Crippen molar-refractivity contribution in [3.05, 3.63) is 145 Å². The minimum absolute atomic E-state index is 0.494. The van der Waals surface area contributed by atoms with Crippen molar-refractivity contribution in [3.8, 4) is 22.4 Å². The van der Waals surface area contributed by atoms with Crippen molar-refractivity contribution in [1.82, 2.24) is 9.97 Å². The number of aromatic nitrogens is 2. The number of rotatable bonds is 5. The standard InChI is InChI=1S/C44H38N2/c1-3-30-12-9-13-31(22-21-30)44-45-42(34-15-8-11-29(2)25-34)28-43(46-44)35-16-10-14-32(26-35)33-23-24-40-38-19-5-4-17-36(38)37-18-6-7-20-39(37)41(40)27-33/h4-10,13-20,22-30H,3,11-12,21H2,1-2H3. The molecule has 46 heavy (non-hydrogen) atoms. The summed E-state index contributed by atoms with van der Waals surface area (Å²) in [5.74, 6) is 1.98. The summed E-state index contributed by atoms with van der Waals surface area (Å²) >= 11 is 0. The topological polar surface area (TPSA) is 25.8 Å². The van der Waals surface area contributed by atoms with Crippen LogP contribution in [0, 0.1) is 11.8 Å². The molecule has 8 rings (SSSR count). The maximum Gasteiger partial charge on any atom is 0.160 e. The van der Waals surface area contributed by atoms with E-state index >= 15 is 0 Å². The quantitative estimate of drug-likeness (QED) is 0.186. The van der Waals surface area contributed by atoms with E-state index < -0.39 is 0 Å². The second-order valence-electron chi connectivity index (χ2n) is 12.9. The summed E-state index contributed by atoms with van der Waals surface area (Å²) in [5.41, 5.74) is 7.73. The lowest BCUT2D eigenvalue weighted by atomic mass is 9.91. The first-order chi connectivity index (χ1) is 22.6. The summed E-state index contributed by atoms with van der Waals surface area (Å²) in [6, 6.07) is 35.5. The van der Waals surface area contributed by atoms with E-state index in [-0.39, 0.29) is 0 Å². The monoisotopic (exact) mass is 594 g/mol. The van der Waals surface area contributed by atoms with Crippen LogP contribution in [0.4, 0.5) is 0 Å². The van der Waals surface area contributed by atoms with Crippen LogP contribution in [0.1, 0.15) is 51.0 Å². The van der Waals surface area contributed by atoms with Crippen molar-refractivity contribution in [3.63, 3.8) is 0 Å². The van der Waals surface area contributed by atoms with Gasteiger partial charge in [-0.05, 0) is 98.3 Å². The minimum Gasteiger partial charge on any atom is -0.228 e. The van der Waals surface area contributed by atoms with E-state index in [0.717, 1.165) is 47.6 Å². The first kappa shape index (κ1) is 28.4. The van der Waals surface area contributed by atoms with E-state index in [1.54, 1.807) is 0 Å². The Hall–Kier alpha value is -5.08. The normalized spacial score (nSPS) is 18.1. The van der Waals surface area contributed by atoms with Gasteiger partial charge in [0.2, 0.25) is 0 Å². The second kappa shape index (κ2) is 12.0. The molecule has 6 aromatic rings. The molecule has 5 aromatic carbocycles. The van der Waals surface area contributed by atoms with Gasteiger partial charge in [-0.2, -0.15) is 0 Å². The molecule has 0 saturated heterocycles. The minimum atomic E-state index is 0.494. The van der Waals surface area contributed by atoms with E-state index in [0.29, 0.717) is 11.8 Å². The van der Waals surface area contributed by atoms with Gasteiger partial charge in [0.05, 0.1) is 11.4 Å². The Bertz CT molecular complexity index is 2210. The van der Waals surface area contributed by atoms with Gasteiger partial charge in [0.1, 0.15) is 0 Å². The maximum atomic E-state index is 5.21. The molecule has 0 amide bonds. The Balaban J connectivity index is 1.26. The third-order valence-corrected chi connectivity index (χ3v) is 9.80. The summed E-state index contributed by atoms with van der Waals surface area (Å²) < 4.78 is 0. The van der Waals surface area contributed by atoms with Crippen LogP contribution in [0.3, 0.4) is 0 Å². The van der Waals surface area contributed by atoms with Gasteiger partial charge in [-0.25, -0.2) is 9.97 Å². The van der Waals surface area contributed by atoms with Crippen LogP contribution < -0.4 is 0 Å². The fourth-order valence-corrected chi connectivity index (χ4v) is 7.17. The molecule has 2 nitrogen and oxygen atoms in total. The smallest absolute Gasteiger partial charge is 0.160 e. The van der Waals surface area contributed by atoms with Crippen LogP contribution in [-0.2, 0) is 0 Å². The third-order valence-electron chi connectivity index (χ3n) is 9.80. The second-order valence-corrected chi connectivity index (χ2v) is 12.9. The Morgan fingerprint density at radius 1 is 0.565 bits per heavy atom. The zero-order chi connectivity index (χ0) is 31.0. The molecular formula is C44H38N2. The molecule has 0 aliphatic heterocycles. The summed E-state index contributed by atoms with van der Waals surface area (Å²) in [4.78, 5) is 10.4. The SMILES string of the molecule is CCC1CC=CC(c2nc(C3=CC(C)CC=C3)cc(-c3cccc(-c4ccc5c6ccccc6c6ccccc6c5c4)c3)n2)=CC1. The molecule has 1 aromatic heterocycles. The fraction of sp³-hybridized carbons (Fsp3) is 0.182. The Morgan fingerprint density at radius 2 is 1.20 bits per heavy atom. The van der Waals surface area contributed by atoms with Crippen molar-refractivity contribution < 1.29 is 0 Å². The van der Waals surface area contributed by atoms with Gasteiger partial charge in [0, 0.05) is 11.1 Å². The first-order valence-corrected chi connectivity index (χ1v) is 16.7. The van der Waals surface area contributed by atoms with Gasteiger partial charge < -0.3 is 0 Å². The molecule has 2 unspecified atom stereocenters. The summed E-state index contributed by atoms with van der Waals surface area (Å²) in [7, 11) is 0. The summed E-state index contributed by atoms with van der Waals surface area (Å²) in [5, 5.41) is 7.76. The molecule has 2 heteroatoms. The van der Waals surface area contributed by atoms with Crippen molar-refractivity contribution in [2.75, 3.05) is 0 Å². The number of benzene rings is 5. The molecule has 224 valence electrons. The lowest BCUT2D eigenvalue weighted by Crippen LogP contribution is -2.03. The van der Waals surface area contributed by atoms with Crippen molar-refractivity contribution in [1.29, 1.82) is 0 Å². The molecule has 0 fully saturated rings. The van der Waals surface area contributed by atoms with Gasteiger partial charge in [0.15, 0.2) is 5.82 Å². The molecule has 2 aliphatic carbocycles. The number of nitrogens with zero attached hydrogens (tertiary/aromatic N) is 2. The highest BCUT2D eigenvalue weighted by atomic mass is 14.9. The highest BCUT2D eigenvalue weighted by Crippen LogP contribution is 2.38. The molecule has 0 N–H and O–H groups in total. The number of fused-ring (bicyclic) bond motifs is 6. The van der Waals surface area contributed by atoms with Crippen LogP contribution >= 0.6 is 0 Å². The van der Waals surface area contributed by atoms with Gasteiger partial charge in [-0.15, -0.1) is 0 Å². The molecular weight excluding hydrogens is 556 g/mol. The van der Waals surface area contributed by atoms with Crippen molar-refractivity contribution >= 4 is 43.5 Å². The van der Waals surface area contributed by atoms with E-state index in [4.69, 9.17) is 9.97 Å². The predicted octanol–water partition coefficient (Wildman–Crippen LogP) is 12.0. The van der Waals surface area contributed by atoms with Crippen LogP contribution in [0.2, 0.25) is 0 Å². The lowest BCUT2D eigenvalue weighted by molar-refractivity contribution is 0.527. The van der Waals surface area contributed by atoms with Gasteiger partial charge >= 0.3 is 0 Å². The fourth-order valence-electron chi connectivity index (χ4n) is 7.17. The van der Waals surface area contributed by atoms with Crippen LogP contribution in [0.5, 0.6) is 0 Å². The van der Waals surface area contributed by atoms with Gasteiger partial charge in [-0.3, -0.25) is 0 Å². The highest BCUT2D eigenvalue weighted by molar-refractivity contribution is 6.25. The molecule has 0 bridgehead atoms. The lowest BCUT2D eigenvalue weighted by Gasteiger charge is -2.15. The van der Waals surface area contributed by atoms with E-state index in [1.165, 1.54) is 55.4 Å². The Kier molecular flexibility index (Phi) is 7.42. The maximum absolute atomic E-state index is 5.21. The largest absolute Gasteiger partial charge is 0.228 e. The first-order valence-electron chi connectivity index (χ1n) is 16.7. The number of allylic oxidation sites excluding steroid dienone is 8. The predicted molar refractivity (Wildman–Crippen MR) is 196 cm³/mol. The molecule has 2 aliphatic rings. The molecule has 0 radical (unpaired) electrons. The van der Waals surface area contributed by atoms with Crippen molar-refractivity contribution in [2.24, 2.45) is 11.8 Å². The zero-order valence-electron chi connectivity index (χ0n) is 26.6. The van der Waals surface area contributed by atoms with Crippen LogP contribution in [0.15, 0.2) is 134 Å². The summed E-state index contributed by atoms with van der Waals surface area (Å²) in [6.07, 6.45) is 18.1. The average molecular weight is 595 g/mol. The van der Waals surface area contributed by atoms with Crippen LogP contribution in [-0.4, -0.2) is 9.97 Å². The average Bonchev–Trinajstić information content (AvgIpc) is 3.37. The molecule has 0 saturated carbocycles. The van der Waals surface area contributed by atoms with Crippen LogP contribution in [0.25, 0.3) is 65.8 Å². The Labute approximate surface area is 271 Å². The van der Waals surface area contributed by atoms with E-state index in [1.807, 2.05) is 0 Å². The van der Waals surface area contributed by atoms with E-state index in [2.05, 4.69) is 147 Å². The molecule has 0 spiro atoms. The van der Waals surface area contributed by atoms with E-state index in [9.17, 15) is 0 Å². The van der Waals surface area contributed by atoms with Gasteiger partial charge in [-0.1, -0.05) is 136 Å². The van der Waals surface area contributed by atoms with Gasteiger partial charge in [0.25, 0.3) is 0 Å². The highest BCUT2D eigenvalue weighted by Gasteiger charge is 2.16. The van der Waals surface area contributed by atoms with Crippen molar-refractivity contribution in [2.45, 2.75) is 39.5 Å².